The van der Waals surface area contributed by atoms with E-state index in [1.807, 2.05) is 12.1 Å². The Bertz CT molecular complexity index is 538. The molecule has 0 atom stereocenters. The quantitative estimate of drug-likeness (QED) is 0.666. The SMILES string of the molecule is CC(C)(C)c1cc(N)cc2ccc(F)cc12. The molecule has 2 N–H and O–H groups in total. The standard InChI is InChI=1S/C14H16FN/c1-14(2,3)13-8-11(16)6-9-4-5-10(15)7-12(9)13/h4-8H,16H2,1-3H3. The zero-order chi connectivity index (χ0) is 11.9. The Morgan fingerprint density at radius 1 is 1.06 bits per heavy atom. The molecule has 0 unspecified atom stereocenters. The van der Waals surface area contributed by atoms with Crippen LogP contribution in [-0.4, -0.2) is 0 Å². The van der Waals surface area contributed by atoms with Crippen LogP contribution in [0, 0.1) is 5.82 Å². The topological polar surface area (TPSA) is 26.0 Å². The fraction of sp³-hybridized carbons (Fsp3) is 0.286. The third-order valence-corrected chi connectivity index (χ3v) is 2.75. The van der Waals surface area contributed by atoms with E-state index in [4.69, 9.17) is 5.73 Å². The molecule has 84 valence electrons. The molecular formula is C14H16FN. The number of benzene rings is 2. The second kappa shape index (κ2) is 3.48. The van der Waals surface area contributed by atoms with Crippen molar-refractivity contribution in [1.29, 1.82) is 0 Å². The maximum absolute atomic E-state index is 13.3. The number of rotatable bonds is 0. The number of hydrogen-bond acceptors (Lipinski definition) is 1. The summed E-state index contributed by atoms with van der Waals surface area (Å²) in [6.07, 6.45) is 0. The highest BCUT2D eigenvalue weighted by atomic mass is 19.1. The molecule has 1 nitrogen and oxygen atoms in total. The van der Waals surface area contributed by atoms with Gasteiger partial charge in [-0.2, -0.15) is 0 Å². The van der Waals surface area contributed by atoms with Gasteiger partial charge in [0.25, 0.3) is 0 Å². The minimum Gasteiger partial charge on any atom is -0.399 e. The van der Waals surface area contributed by atoms with E-state index in [9.17, 15) is 4.39 Å². The van der Waals surface area contributed by atoms with E-state index < -0.39 is 0 Å². The van der Waals surface area contributed by atoms with Crippen LogP contribution in [0.1, 0.15) is 26.3 Å². The lowest BCUT2D eigenvalue weighted by Gasteiger charge is -2.22. The Morgan fingerprint density at radius 2 is 1.75 bits per heavy atom. The molecule has 2 aromatic carbocycles. The first-order valence-corrected chi connectivity index (χ1v) is 5.37. The van der Waals surface area contributed by atoms with Crippen LogP contribution in [0.4, 0.5) is 10.1 Å². The first-order valence-electron chi connectivity index (χ1n) is 5.37. The van der Waals surface area contributed by atoms with Crippen molar-refractivity contribution in [2.24, 2.45) is 0 Å². The van der Waals surface area contributed by atoms with Crippen molar-refractivity contribution in [2.75, 3.05) is 5.73 Å². The minimum atomic E-state index is -0.206. The Hall–Kier alpha value is -1.57. The third-order valence-electron chi connectivity index (χ3n) is 2.75. The fourth-order valence-corrected chi connectivity index (χ4v) is 1.97. The van der Waals surface area contributed by atoms with E-state index in [0.717, 1.165) is 22.0 Å². The molecule has 0 aliphatic carbocycles. The lowest BCUT2D eigenvalue weighted by atomic mass is 9.83. The van der Waals surface area contributed by atoms with Crippen molar-refractivity contribution in [1.82, 2.24) is 0 Å². The largest absolute Gasteiger partial charge is 0.399 e. The van der Waals surface area contributed by atoms with Crippen molar-refractivity contribution >= 4 is 16.5 Å². The zero-order valence-electron chi connectivity index (χ0n) is 9.84. The van der Waals surface area contributed by atoms with Gasteiger partial charge in [-0.25, -0.2) is 4.39 Å². The van der Waals surface area contributed by atoms with Crippen LogP contribution in [0.15, 0.2) is 30.3 Å². The number of nitrogen functional groups attached to an aromatic ring is 1. The van der Waals surface area contributed by atoms with Crippen molar-refractivity contribution < 1.29 is 4.39 Å². The summed E-state index contributed by atoms with van der Waals surface area (Å²) in [6, 6.07) is 8.63. The van der Waals surface area contributed by atoms with Crippen molar-refractivity contribution in [2.45, 2.75) is 26.2 Å². The van der Waals surface area contributed by atoms with E-state index in [2.05, 4.69) is 20.8 Å². The smallest absolute Gasteiger partial charge is 0.123 e. The number of fused-ring (bicyclic) bond motifs is 1. The Balaban J connectivity index is 2.85. The molecule has 0 heterocycles. The molecule has 0 bridgehead atoms. The Kier molecular flexibility index (Phi) is 2.38. The second-order valence-corrected chi connectivity index (χ2v) is 5.18. The van der Waals surface area contributed by atoms with Gasteiger partial charge in [0.15, 0.2) is 0 Å². The average molecular weight is 217 g/mol. The first-order chi connectivity index (χ1) is 7.38. The van der Waals surface area contributed by atoms with Crippen molar-refractivity contribution in [3.63, 3.8) is 0 Å². The van der Waals surface area contributed by atoms with Gasteiger partial charge in [-0.1, -0.05) is 26.8 Å². The highest BCUT2D eigenvalue weighted by molar-refractivity contribution is 5.89. The molecule has 2 rings (SSSR count). The van der Waals surface area contributed by atoms with Crippen LogP contribution in [0.2, 0.25) is 0 Å². The summed E-state index contributed by atoms with van der Waals surface area (Å²) in [4.78, 5) is 0. The van der Waals surface area contributed by atoms with E-state index in [1.165, 1.54) is 6.07 Å². The second-order valence-electron chi connectivity index (χ2n) is 5.18. The summed E-state index contributed by atoms with van der Waals surface area (Å²) in [5, 5.41) is 1.94. The molecule has 0 aliphatic rings. The number of hydrogen-bond donors (Lipinski definition) is 1. The summed E-state index contributed by atoms with van der Waals surface area (Å²) >= 11 is 0. The predicted octanol–water partition coefficient (Wildman–Crippen LogP) is 3.86. The number of halogens is 1. The van der Waals surface area contributed by atoms with Gasteiger partial charge in [0.1, 0.15) is 5.82 Å². The molecule has 0 fully saturated rings. The zero-order valence-corrected chi connectivity index (χ0v) is 9.84. The highest BCUT2D eigenvalue weighted by Gasteiger charge is 2.17. The molecule has 0 saturated heterocycles. The van der Waals surface area contributed by atoms with Gasteiger partial charge in [-0.15, -0.1) is 0 Å². The summed E-state index contributed by atoms with van der Waals surface area (Å²) in [5.41, 5.74) is 7.64. The molecule has 2 heteroatoms. The van der Waals surface area contributed by atoms with E-state index in [-0.39, 0.29) is 11.2 Å². The Morgan fingerprint density at radius 3 is 2.38 bits per heavy atom. The highest BCUT2D eigenvalue weighted by Crippen LogP contribution is 2.32. The van der Waals surface area contributed by atoms with Crippen LogP contribution < -0.4 is 5.73 Å². The lowest BCUT2D eigenvalue weighted by molar-refractivity contribution is 0.594. The van der Waals surface area contributed by atoms with E-state index in [0.29, 0.717) is 0 Å². The van der Waals surface area contributed by atoms with Crippen LogP contribution in [0.5, 0.6) is 0 Å². The predicted molar refractivity (Wildman–Crippen MR) is 67.0 cm³/mol. The molecule has 0 spiro atoms. The van der Waals surface area contributed by atoms with Gasteiger partial charge in [-0.05, 0) is 46.0 Å². The molecule has 0 amide bonds. The summed E-state index contributed by atoms with van der Waals surface area (Å²) in [6.45, 7) is 6.31. The molecule has 0 aliphatic heterocycles. The van der Waals surface area contributed by atoms with Crippen molar-refractivity contribution in [3.05, 3.63) is 41.7 Å². The monoisotopic (exact) mass is 217 g/mol. The van der Waals surface area contributed by atoms with Gasteiger partial charge in [0.2, 0.25) is 0 Å². The summed E-state index contributed by atoms with van der Waals surface area (Å²) in [5.74, 6) is -0.206. The van der Waals surface area contributed by atoms with Gasteiger partial charge in [0, 0.05) is 5.69 Å². The Labute approximate surface area is 95.1 Å². The molecule has 0 saturated carbocycles. The maximum Gasteiger partial charge on any atom is 0.123 e. The van der Waals surface area contributed by atoms with Crippen LogP contribution in [0.3, 0.4) is 0 Å². The van der Waals surface area contributed by atoms with Gasteiger partial charge < -0.3 is 5.73 Å². The van der Waals surface area contributed by atoms with E-state index in [1.54, 1.807) is 12.1 Å². The van der Waals surface area contributed by atoms with Crippen LogP contribution in [0.25, 0.3) is 10.8 Å². The number of nitrogens with two attached hydrogens (primary N) is 1. The lowest BCUT2D eigenvalue weighted by Crippen LogP contribution is -2.12. The van der Waals surface area contributed by atoms with Gasteiger partial charge in [0.05, 0.1) is 0 Å². The maximum atomic E-state index is 13.3. The molecule has 2 aromatic rings. The first kappa shape index (κ1) is 10.9. The van der Waals surface area contributed by atoms with Crippen LogP contribution in [-0.2, 0) is 5.41 Å². The average Bonchev–Trinajstić information content (AvgIpc) is 2.16. The summed E-state index contributed by atoms with van der Waals surface area (Å²) < 4.78 is 13.3. The minimum absolute atomic E-state index is 0.0403. The van der Waals surface area contributed by atoms with Crippen LogP contribution >= 0.6 is 0 Å². The fourth-order valence-electron chi connectivity index (χ4n) is 1.97. The molecule has 16 heavy (non-hydrogen) atoms. The van der Waals surface area contributed by atoms with Crippen molar-refractivity contribution in [3.8, 4) is 0 Å². The number of anilines is 1. The van der Waals surface area contributed by atoms with Gasteiger partial charge >= 0.3 is 0 Å². The molecule has 0 radical (unpaired) electrons. The third kappa shape index (κ3) is 1.87. The normalized spacial score (nSPS) is 12.0. The molecule has 0 aromatic heterocycles. The van der Waals surface area contributed by atoms with Gasteiger partial charge in [-0.3, -0.25) is 0 Å². The summed E-state index contributed by atoms with van der Waals surface area (Å²) in [7, 11) is 0. The molecular weight excluding hydrogens is 201 g/mol. The van der Waals surface area contributed by atoms with E-state index >= 15 is 0 Å².